The smallest absolute Gasteiger partial charge is 0.273 e. The average Bonchev–Trinajstić information content (AvgIpc) is 2.61. The second-order valence-corrected chi connectivity index (χ2v) is 7.99. The monoisotopic (exact) mass is 378 g/mol. The lowest BCUT2D eigenvalue weighted by atomic mass is 10.1. The highest BCUT2D eigenvalue weighted by Gasteiger charge is 2.36. The summed E-state index contributed by atoms with van der Waals surface area (Å²) in [6.07, 6.45) is 9.14. The fourth-order valence-corrected chi connectivity index (χ4v) is 3.42. The molecule has 10 nitrogen and oxygen atoms in total. The largest absolute Gasteiger partial charge is 0.279 e. The van der Waals surface area contributed by atoms with Gasteiger partial charge in [0.05, 0.1) is 30.5 Å². The highest BCUT2D eigenvalue weighted by Crippen LogP contribution is 2.21. The van der Waals surface area contributed by atoms with Gasteiger partial charge >= 0.3 is 0 Å². The molecule has 138 valence electrons. The number of carbonyl (C=O) groups excluding carboxylic acids is 1. The molecule has 2 aromatic heterocycles. The third kappa shape index (κ3) is 3.48. The first-order valence-electron chi connectivity index (χ1n) is 7.88. The van der Waals surface area contributed by atoms with Gasteiger partial charge < -0.3 is 0 Å². The number of rotatable bonds is 4. The molecule has 0 saturated carbocycles. The summed E-state index contributed by atoms with van der Waals surface area (Å²) in [4.78, 5) is 37.9. The molecule has 0 bridgehead atoms. The molecular weight excluding hydrogens is 360 g/mol. The van der Waals surface area contributed by atoms with Crippen LogP contribution < -0.4 is 10.5 Å². The van der Waals surface area contributed by atoms with E-state index in [1.807, 2.05) is 0 Å². The molecule has 0 aliphatic carbocycles. The molecule has 26 heavy (non-hydrogen) atoms. The van der Waals surface area contributed by atoms with Crippen molar-refractivity contribution >= 4 is 21.9 Å². The summed E-state index contributed by atoms with van der Waals surface area (Å²) in [6.45, 7) is 0.404. The topological polar surface area (TPSA) is 118 Å². The van der Waals surface area contributed by atoms with E-state index in [0.29, 0.717) is 25.1 Å². The van der Waals surface area contributed by atoms with Crippen LogP contribution in [0.4, 0.5) is 5.95 Å². The maximum atomic E-state index is 12.7. The Kier molecular flexibility index (Phi) is 4.83. The fraction of sp³-hybridized carbons (Fsp3) is 0.400. The van der Waals surface area contributed by atoms with Crippen LogP contribution in [0.15, 0.2) is 35.8 Å². The van der Waals surface area contributed by atoms with E-state index < -0.39 is 16.1 Å². The summed E-state index contributed by atoms with van der Waals surface area (Å²) in [5, 5.41) is 0. The Labute approximate surface area is 150 Å². The Morgan fingerprint density at radius 2 is 1.88 bits per heavy atom. The van der Waals surface area contributed by atoms with Crippen LogP contribution >= 0.6 is 0 Å². The van der Waals surface area contributed by atoms with Gasteiger partial charge in [0.15, 0.2) is 0 Å². The van der Waals surface area contributed by atoms with Crippen LogP contribution in [0.1, 0.15) is 12.8 Å². The molecule has 1 saturated heterocycles. The van der Waals surface area contributed by atoms with Crippen molar-refractivity contribution in [3.8, 4) is 5.69 Å². The molecule has 1 aliphatic heterocycles. The summed E-state index contributed by atoms with van der Waals surface area (Å²) in [5.41, 5.74) is 0.114. The molecule has 0 radical (unpaired) electrons. The van der Waals surface area contributed by atoms with E-state index in [-0.39, 0.29) is 17.4 Å². The number of likely N-dealkylation sites (N-methyl/N-ethyl adjacent to an activating group) is 1. The first-order valence-corrected chi connectivity index (χ1v) is 9.73. The van der Waals surface area contributed by atoms with Gasteiger partial charge in [-0.1, -0.05) is 0 Å². The number of anilines is 1. The van der Waals surface area contributed by atoms with E-state index in [1.54, 1.807) is 0 Å². The number of hydrogen-bond acceptors (Lipinski definition) is 7. The number of nitrogens with zero attached hydrogens (tertiary/aromatic N) is 6. The van der Waals surface area contributed by atoms with Crippen LogP contribution in [0.25, 0.3) is 5.69 Å². The van der Waals surface area contributed by atoms with Gasteiger partial charge in [0.25, 0.3) is 5.56 Å². The summed E-state index contributed by atoms with van der Waals surface area (Å²) < 4.78 is 25.9. The molecule has 1 fully saturated rings. The zero-order valence-electron chi connectivity index (χ0n) is 14.3. The molecule has 3 rings (SSSR count). The maximum Gasteiger partial charge on any atom is 0.273 e. The first kappa shape index (κ1) is 18.1. The molecule has 11 heteroatoms. The van der Waals surface area contributed by atoms with Crippen LogP contribution in [0.2, 0.25) is 0 Å². The van der Waals surface area contributed by atoms with Gasteiger partial charge in [-0.15, -0.1) is 0 Å². The van der Waals surface area contributed by atoms with Gasteiger partial charge in [-0.2, -0.15) is 4.31 Å². The van der Waals surface area contributed by atoms with Gasteiger partial charge in [-0.25, -0.2) is 18.4 Å². The highest BCUT2D eigenvalue weighted by atomic mass is 32.2. The Hall–Kier alpha value is -2.66. The quantitative estimate of drug-likeness (QED) is 0.697. The lowest BCUT2D eigenvalue weighted by molar-refractivity contribution is -0.123. The molecule has 1 unspecified atom stereocenters. The predicted octanol–water partition coefficient (Wildman–Crippen LogP) is -0.591. The zero-order valence-corrected chi connectivity index (χ0v) is 15.1. The molecule has 0 spiro atoms. The second kappa shape index (κ2) is 6.92. The molecular formula is C15H18N6O4S. The zero-order chi connectivity index (χ0) is 18.9. The van der Waals surface area contributed by atoms with Gasteiger partial charge in [0.2, 0.25) is 21.9 Å². The molecule has 1 aliphatic rings. The number of amides is 1. The van der Waals surface area contributed by atoms with Crippen LogP contribution in [0, 0.1) is 0 Å². The number of hydrogen-bond donors (Lipinski definition) is 0. The minimum absolute atomic E-state index is 0.174. The van der Waals surface area contributed by atoms with E-state index in [9.17, 15) is 18.0 Å². The number of piperidine rings is 1. The Morgan fingerprint density at radius 3 is 2.50 bits per heavy atom. The molecule has 1 amide bonds. The predicted molar refractivity (Wildman–Crippen MR) is 93.4 cm³/mol. The third-order valence-corrected chi connectivity index (χ3v) is 5.54. The lowest BCUT2D eigenvalue weighted by Crippen LogP contribution is -2.53. The average molecular weight is 378 g/mol. The molecule has 0 N–H and O–H groups in total. The van der Waals surface area contributed by atoms with E-state index in [0.717, 1.165) is 10.6 Å². The second-order valence-electron chi connectivity index (χ2n) is 5.95. The van der Waals surface area contributed by atoms with Crippen molar-refractivity contribution in [3.05, 3.63) is 41.3 Å². The van der Waals surface area contributed by atoms with Crippen molar-refractivity contribution in [2.24, 2.45) is 0 Å². The van der Waals surface area contributed by atoms with E-state index in [4.69, 9.17) is 0 Å². The number of sulfonamides is 1. The summed E-state index contributed by atoms with van der Waals surface area (Å²) in [7, 11) is -2.10. The first-order chi connectivity index (χ1) is 12.3. The third-order valence-electron chi connectivity index (χ3n) is 4.24. The lowest BCUT2D eigenvalue weighted by Gasteiger charge is -2.34. The van der Waals surface area contributed by atoms with Crippen LogP contribution in [-0.2, 0) is 14.8 Å². The van der Waals surface area contributed by atoms with Crippen molar-refractivity contribution in [2.45, 2.75) is 18.9 Å². The van der Waals surface area contributed by atoms with Gasteiger partial charge in [0, 0.05) is 26.0 Å². The van der Waals surface area contributed by atoms with E-state index >= 15 is 0 Å². The van der Waals surface area contributed by atoms with Crippen molar-refractivity contribution in [1.29, 1.82) is 0 Å². The van der Waals surface area contributed by atoms with Crippen molar-refractivity contribution in [2.75, 3.05) is 24.7 Å². The fourth-order valence-electron chi connectivity index (χ4n) is 2.76. The SMILES string of the molecule is CN(C1CCCN(c2ncc(-n3ccncc3=O)cn2)C1=O)S(C)(=O)=O. The van der Waals surface area contributed by atoms with Crippen molar-refractivity contribution < 1.29 is 13.2 Å². The number of carbonyl (C=O) groups is 1. The minimum atomic E-state index is -3.49. The van der Waals surface area contributed by atoms with Crippen molar-refractivity contribution in [3.63, 3.8) is 0 Å². The molecule has 0 aromatic carbocycles. The van der Waals surface area contributed by atoms with E-state index in [2.05, 4.69) is 15.0 Å². The molecule has 3 heterocycles. The Balaban J connectivity index is 1.86. The van der Waals surface area contributed by atoms with Crippen LogP contribution in [0.3, 0.4) is 0 Å². The Bertz CT molecular complexity index is 972. The van der Waals surface area contributed by atoms with Gasteiger partial charge in [-0.05, 0) is 12.8 Å². The summed E-state index contributed by atoms with van der Waals surface area (Å²) in [6, 6.07) is -0.773. The molecule has 1 atom stereocenters. The maximum absolute atomic E-state index is 12.7. The van der Waals surface area contributed by atoms with Gasteiger partial charge in [0.1, 0.15) is 6.04 Å². The van der Waals surface area contributed by atoms with Crippen molar-refractivity contribution in [1.82, 2.24) is 23.8 Å². The Morgan fingerprint density at radius 1 is 1.19 bits per heavy atom. The summed E-state index contributed by atoms with van der Waals surface area (Å²) in [5.74, 6) is -0.189. The van der Waals surface area contributed by atoms with Gasteiger partial charge in [-0.3, -0.25) is 24.0 Å². The van der Waals surface area contributed by atoms with Crippen LogP contribution in [0.5, 0.6) is 0 Å². The standard InChI is InChI=1S/C15H18N6O4S/c1-19(26(2,24)25)12-4-3-6-21(14(12)23)15-17-8-11(9-18-15)20-7-5-16-10-13(20)22/h5,7-10,12H,3-4,6H2,1-2H3. The highest BCUT2D eigenvalue weighted by molar-refractivity contribution is 7.88. The van der Waals surface area contributed by atoms with Crippen LogP contribution in [-0.4, -0.2) is 64.0 Å². The summed E-state index contributed by atoms with van der Waals surface area (Å²) >= 11 is 0. The molecule has 2 aromatic rings. The number of aromatic nitrogens is 4. The van der Waals surface area contributed by atoms with E-state index in [1.165, 1.54) is 47.5 Å². The minimum Gasteiger partial charge on any atom is -0.279 e. The normalized spacial score (nSPS) is 18.3.